The van der Waals surface area contributed by atoms with E-state index in [2.05, 4.69) is 22.7 Å². The first-order valence-electron chi connectivity index (χ1n) is 6.18. The summed E-state index contributed by atoms with van der Waals surface area (Å²) < 4.78 is 2.37. The Bertz CT molecular complexity index is 917. The molecule has 1 heterocycles. The van der Waals surface area contributed by atoms with E-state index >= 15 is 0 Å². The van der Waals surface area contributed by atoms with Crippen molar-refractivity contribution in [3.63, 3.8) is 0 Å². The lowest BCUT2D eigenvalue weighted by Gasteiger charge is -2.01. The van der Waals surface area contributed by atoms with Gasteiger partial charge in [-0.05, 0) is 18.2 Å². The maximum Gasteiger partial charge on any atom is 0.201 e. The van der Waals surface area contributed by atoms with E-state index in [-0.39, 0.29) is 11.5 Å². The highest BCUT2D eigenvalue weighted by molar-refractivity contribution is 7.25. The van der Waals surface area contributed by atoms with Crippen molar-refractivity contribution in [1.29, 1.82) is 10.7 Å². The highest BCUT2D eigenvalue weighted by Crippen LogP contribution is 2.34. The van der Waals surface area contributed by atoms with E-state index < -0.39 is 0 Å². The van der Waals surface area contributed by atoms with E-state index in [0.29, 0.717) is 0 Å². The fraction of sp³-hybridized carbons (Fsp3) is 0. The topological polar surface area (TPSA) is 98.0 Å². The minimum absolute atomic E-state index is 0.133. The van der Waals surface area contributed by atoms with Gasteiger partial charge in [-0.15, -0.1) is 11.3 Å². The van der Waals surface area contributed by atoms with Crippen LogP contribution in [-0.4, -0.2) is 11.5 Å². The van der Waals surface area contributed by atoms with Crippen LogP contribution >= 0.6 is 11.3 Å². The molecule has 0 radical (unpaired) electrons. The van der Waals surface area contributed by atoms with Gasteiger partial charge in [0, 0.05) is 20.2 Å². The Hall–Kier alpha value is -2.91. The van der Waals surface area contributed by atoms with E-state index in [1.54, 1.807) is 17.4 Å². The van der Waals surface area contributed by atoms with Crippen molar-refractivity contribution in [3.8, 4) is 6.07 Å². The molecular weight excluding hydrogens is 282 g/mol. The average Bonchev–Trinajstić information content (AvgIpc) is 2.85. The number of nitrogens with one attached hydrogen (secondary N) is 2. The largest absolute Gasteiger partial charge is 0.382 e. The van der Waals surface area contributed by atoms with Crippen molar-refractivity contribution in [2.24, 2.45) is 10.8 Å². The van der Waals surface area contributed by atoms with Crippen LogP contribution in [0.3, 0.4) is 0 Å². The molecule has 6 heteroatoms. The molecule has 0 unspecified atom stereocenters. The predicted molar refractivity (Wildman–Crippen MR) is 87.9 cm³/mol. The third-order valence-corrected chi connectivity index (χ3v) is 4.17. The predicted octanol–water partition coefficient (Wildman–Crippen LogP) is 3.28. The molecule has 0 aliphatic heterocycles. The number of nitrogens with zero attached hydrogens (tertiary/aromatic N) is 2. The summed E-state index contributed by atoms with van der Waals surface area (Å²) in [4.78, 5) is 0. The third-order valence-electron chi connectivity index (χ3n) is 3.04. The zero-order chi connectivity index (χ0) is 14.8. The number of fused-ring (bicyclic) bond motifs is 3. The van der Waals surface area contributed by atoms with Crippen molar-refractivity contribution in [1.82, 2.24) is 0 Å². The number of thiophene rings is 1. The summed E-state index contributed by atoms with van der Waals surface area (Å²) >= 11 is 1.70. The summed E-state index contributed by atoms with van der Waals surface area (Å²) in [7, 11) is 0. The number of nitrogens with two attached hydrogens (primary N) is 1. The minimum atomic E-state index is -0.354. The van der Waals surface area contributed by atoms with Crippen LogP contribution in [0.15, 0.2) is 47.6 Å². The van der Waals surface area contributed by atoms with E-state index in [4.69, 9.17) is 16.4 Å². The zero-order valence-corrected chi connectivity index (χ0v) is 11.7. The number of amidine groups is 1. The molecule has 0 saturated carbocycles. The molecule has 4 N–H and O–H groups in total. The van der Waals surface area contributed by atoms with Crippen molar-refractivity contribution < 1.29 is 0 Å². The Balaban J connectivity index is 2.00. The summed E-state index contributed by atoms with van der Waals surface area (Å²) in [5.41, 5.74) is 8.63. The second kappa shape index (κ2) is 5.23. The van der Waals surface area contributed by atoms with E-state index in [0.717, 1.165) is 10.4 Å². The number of hydrogen-bond acceptors (Lipinski definition) is 5. The molecule has 5 nitrogen and oxygen atoms in total. The molecule has 3 rings (SSSR count). The van der Waals surface area contributed by atoms with Crippen molar-refractivity contribution >= 4 is 48.7 Å². The summed E-state index contributed by atoms with van der Waals surface area (Å²) in [6, 6.07) is 15.9. The van der Waals surface area contributed by atoms with Gasteiger partial charge in [-0.1, -0.05) is 24.3 Å². The molecule has 0 aliphatic carbocycles. The van der Waals surface area contributed by atoms with Crippen molar-refractivity contribution in [2.75, 3.05) is 5.43 Å². The first-order chi connectivity index (χ1) is 10.2. The van der Waals surface area contributed by atoms with Gasteiger partial charge in [-0.3, -0.25) is 10.8 Å². The fourth-order valence-electron chi connectivity index (χ4n) is 2.06. The van der Waals surface area contributed by atoms with Gasteiger partial charge in [-0.2, -0.15) is 10.4 Å². The van der Waals surface area contributed by atoms with Gasteiger partial charge in [0.25, 0.3) is 0 Å². The molecule has 21 heavy (non-hydrogen) atoms. The molecule has 0 fully saturated rings. The molecule has 0 saturated heterocycles. The van der Waals surface area contributed by atoms with Crippen molar-refractivity contribution in [2.45, 2.75) is 0 Å². The maximum absolute atomic E-state index is 8.80. The number of anilines is 1. The van der Waals surface area contributed by atoms with Gasteiger partial charge in [0.1, 0.15) is 6.07 Å². The lowest BCUT2D eigenvalue weighted by molar-refractivity contribution is 1.34. The Morgan fingerprint density at radius 2 is 1.95 bits per heavy atom. The first kappa shape index (κ1) is 13.1. The van der Waals surface area contributed by atoms with Gasteiger partial charge in [0.05, 0.1) is 5.69 Å². The number of hydrogen-bond donors (Lipinski definition) is 3. The summed E-state index contributed by atoms with van der Waals surface area (Å²) in [5.74, 6) is -0.354. The summed E-state index contributed by atoms with van der Waals surface area (Å²) in [5, 5.41) is 22.3. The van der Waals surface area contributed by atoms with Gasteiger partial charge in [0.15, 0.2) is 5.84 Å². The van der Waals surface area contributed by atoms with E-state index in [9.17, 15) is 0 Å². The van der Waals surface area contributed by atoms with E-state index in [1.807, 2.05) is 30.3 Å². The van der Waals surface area contributed by atoms with E-state index in [1.165, 1.54) is 15.5 Å². The molecule has 0 atom stereocenters. The lowest BCUT2D eigenvalue weighted by Crippen LogP contribution is -2.21. The standard InChI is InChI=1S/C15H11N5S/c16-8-12(15(17)18)20-19-9-5-6-11-10-3-1-2-4-13(10)21-14(11)7-9/h1-7,19H,(H3,17,18)/b20-12+. The second-order valence-corrected chi connectivity index (χ2v) is 5.49. The Morgan fingerprint density at radius 3 is 2.71 bits per heavy atom. The first-order valence-corrected chi connectivity index (χ1v) is 7.00. The third kappa shape index (κ3) is 2.42. The van der Waals surface area contributed by atoms with Crippen LogP contribution in [0.5, 0.6) is 0 Å². The number of rotatable bonds is 3. The van der Waals surface area contributed by atoms with Gasteiger partial charge >= 0.3 is 0 Å². The second-order valence-electron chi connectivity index (χ2n) is 4.41. The normalized spacial score (nSPS) is 11.5. The van der Waals surface area contributed by atoms with Gasteiger partial charge < -0.3 is 5.73 Å². The van der Waals surface area contributed by atoms with Crippen LogP contribution in [-0.2, 0) is 0 Å². The molecule has 3 aromatic rings. The van der Waals surface area contributed by atoms with Crippen LogP contribution in [0.2, 0.25) is 0 Å². The molecular formula is C15H11N5S. The average molecular weight is 293 g/mol. The SMILES string of the molecule is N#C/C(=N\Nc1ccc2c(c1)sc1ccccc12)C(=N)N. The Kier molecular flexibility index (Phi) is 3.26. The maximum atomic E-state index is 8.80. The Morgan fingerprint density at radius 1 is 1.19 bits per heavy atom. The minimum Gasteiger partial charge on any atom is -0.382 e. The van der Waals surface area contributed by atoms with Crippen LogP contribution in [0.1, 0.15) is 0 Å². The van der Waals surface area contributed by atoms with Crippen LogP contribution in [0, 0.1) is 16.7 Å². The monoisotopic (exact) mass is 293 g/mol. The number of nitriles is 1. The molecule has 0 aliphatic rings. The molecule has 102 valence electrons. The van der Waals surface area contributed by atoms with Crippen LogP contribution in [0.4, 0.5) is 5.69 Å². The molecule has 2 aromatic carbocycles. The lowest BCUT2D eigenvalue weighted by atomic mass is 10.1. The summed E-state index contributed by atoms with van der Waals surface area (Å²) in [6.07, 6.45) is 0. The molecule has 0 spiro atoms. The van der Waals surface area contributed by atoms with Gasteiger partial charge in [0.2, 0.25) is 5.71 Å². The molecule has 0 amide bonds. The van der Waals surface area contributed by atoms with Crippen molar-refractivity contribution in [3.05, 3.63) is 42.5 Å². The van der Waals surface area contributed by atoms with Gasteiger partial charge in [-0.25, -0.2) is 0 Å². The molecule has 0 bridgehead atoms. The Labute approximate surface area is 124 Å². The number of hydrazone groups is 1. The highest BCUT2D eigenvalue weighted by Gasteiger charge is 2.05. The smallest absolute Gasteiger partial charge is 0.201 e. The fourth-order valence-corrected chi connectivity index (χ4v) is 3.21. The number of benzene rings is 2. The van der Waals surface area contributed by atoms with Crippen LogP contribution in [0.25, 0.3) is 20.2 Å². The zero-order valence-electron chi connectivity index (χ0n) is 10.9. The highest BCUT2D eigenvalue weighted by atomic mass is 32.1. The van der Waals surface area contributed by atoms with Crippen LogP contribution < -0.4 is 11.2 Å². The quantitative estimate of drug-likeness (QED) is 0.392. The molecule has 1 aromatic heterocycles. The summed E-state index contributed by atoms with van der Waals surface area (Å²) in [6.45, 7) is 0.